The average molecular weight is 335 g/mol. The highest BCUT2D eigenvalue weighted by molar-refractivity contribution is 6.89. The second-order valence-electron chi connectivity index (χ2n) is 7.99. The molecule has 0 radical (unpaired) electrons. The van der Waals surface area contributed by atoms with Gasteiger partial charge in [-0.2, -0.15) is 0 Å². The Bertz CT molecular complexity index is 863. The second-order valence-corrected chi connectivity index (χ2v) is 13.0. The minimum Gasteiger partial charge on any atom is -0.256 e. The van der Waals surface area contributed by atoms with Crippen LogP contribution in [0.5, 0.6) is 0 Å². The number of aromatic nitrogens is 2. The van der Waals surface area contributed by atoms with Crippen LogP contribution < -0.4 is 5.19 Å². The molecule has 0 saturated heterocycles. The van der Waals surface area contributed by atoms with Crippen molar-refractivity contribution in [3.63, 3.8) is 0 Å². The molecule has 0 N–H and O–H groups in total. The van der Waals surface area contributed by atoms with Crippen LogP contribution in [-0.4, -0.2) is 18.0 Å². The van der Waals surface area contributed by atoms with Crippen molar-refractivity contribution in [1.82, 2.24) is 9.97 Å². The SMILES string of the molecule is CC(C)Cc1cc(-c2cnc3ccccc3c2)ncc1[Si](C)(C)C. The molecule has 0 unspecified atom stereocenters. The molecule has 0 spiro atoms. The van der Waals surface area contributed by atoms with Crippen molar-refractivity contribution in [2.45, 2.75) is 39.9 Å². The second kappa shape index (κ2) is 6.48. The number of para-hydroxylation sites is 1. The van der Waals surface area contributed by atoms with Gasteiger partial charge in [-0.05, 0) is 41.3 Å². The van der Waals surface area contributed by atoms with Crippen molar-refractivity contribution < 1.29 is 0 Å². The van der Waals surface area contributed by atoms with Crippen LogP contribution >= 0.6 is 0 Å². The maximum absolute atomic E-state index is 4.78. The van der Waals surface area contributed by atoms with E-state index >= 15 is 0 Å². The summed E-state index contributed by atoms with van der Waals surface area (Å²) in [5, 5.41) is 2.64. The highest BCUT2D eigenvalue weighted by Crippen LogP contribution is 2.23. The van der Waals surface area contributed by atoms with E-state index in [2.05, 4.69) is 68.9 Å². The van der Waals surface area contributed by atoms with Crippen molar-refractivity contribution in [2.75, 3.05) is 0 Å². The van der Waals surface area contributed by atoms with Gasteiger partial charge in [-0.25, -0.2) is 0 Å². The number of rotatable bonds is 4. The fourth-order valence-electron chi connectivity index (χ4n) is 3.15. The first-order valence-corrected chi connectivity index (χ1v) is 12.2. The Morgan fingerprint density at radius 1 is 0.958 bits per heavy atom. The molecule has 0 saturated carbocycles. The summed E-state index contributed by atoms with van der Waals surface area (Å²) in [7, 11) is -1.39. The molecule has 3 rings (SSSR count). The summed E-state index contributed by atoms with van der Waals surface area (Å²) in [4.78, 5) is 9.37. The summed E-state index contributed by atoms with van der Waals surface area (Å²) in [6.45, 7) is 11.7. The summed E-state index contributed by atoms with van der Waals surface area (Å²) in [6, 6.07) is 12.7. The van der Waals surface area contributed by atoms with E-state index in [0.717, 1.165) is 28.6 Å². The van der Waals surface area contributed by atoms with Gasteiger partial charge >= 0.3 is 0 Å². The molecular formula is C21H26N2Si. The molecule has 3 heteroatoms. The van der Waals surface area contributed by atoms with Crippen molar-refractivity contribution >= 4 is 24.2 Å². The smallest absolute Gasteiger partial charge is 0.0799 e. The Morgan fingerprint density at radius 3 is 2.42 bits per heavy atom. The molecular weight excluding hydrogens is 308 g/mol. The van der Waals surface area contributed by atoms with Crippen LogP contribution in [-0.2, 0) is 6.42 Å². The molecule has 0 atom stereocenters. The van der Waals surface area contributed by atoms with E-state index in [9.17, 15) is 0 Å². The van der Waals surface area contributed by atoms with Gasteiger partial charge in [0.2, 0.25) is 0 Å². The van der Waals surface area contributed by atoms with E-state index in [0.29, 0.717) is 5.92 Å². The molecule has 0 aliphatic carbocycles. The normalized spacial score (nSPS) is 12.1. The molecule has 2 aromatic heterocycles. The molecule has 0 fully saturated rings. The Balaban J connectivity index is 2.09. The van der Waals surface area contributed by atoms with Crippen LogP contribution in [0.1, 0.15) is 19.4 Å². The highest BCUT2D eigenvalue weighted by Gasteiger charge is 2.21. The van der Waals surface area contributed by atoms with E-state index < -0.39 is 8.07 Å². The highest BCUT2D eigenvalue weighted by atomic mass is 28.3. The standard InChI is InChI=1S/C21H26N2Si/c1-15(2)10-17-12-20(23-14-21(17)24(3,4)5)18-11-16-8-6-7-9-19(16)22-13-18/h6-9,11-15H,10H2,1-5H3. The quantitative estimate of drug-likeness (QED) is 0.625. The molecule has 2 heterocycles. The molecule has 1 aromatic carbocycles. The first kappa shape index (κ1) is 16.8. The lowest BCUT2D eigenvalue weighted by molar-refractivity contribution is 0.649. The molecule has 124 valence electrons. The first-order valence-electron chi connectivity index (χ1n) is 8.69. The largest absolute Gasteiger partial charge is 0.256 e. The summed E-state index contributed by atoms with van der Waals surface area (Å²) in [5.41, 5.74) is 4.62. The fraction of sp³-hybridized carbons (Fsp3) is 0.333. The van der Waals surface area contributed by atoms with Crippen molar-refractivity contribution in [1.29, 1.82) is 0 Å². The lowest BCUT2D eigenvalue weighted by atomic mass is 10.0. The van der Waals surface area contributed by atoms with Crippen LogP contribution in [0.15, 0.2) is 48.8 Å². The number of benzene rings is 1. The molecule has 3 aromatic rings. The zero-order chi connectivity index (χ0) is 17.3. The zero-order valence-corrected chi connectivity index (χ0v) is 16.3. The minimum atomic E-state index is -1.39. The summed E-state index contributed by atoms with van der Waals surface area (Å²) >= 11 is 0. The molecule has 0 aliphatic heterocycles. The summed E-state index contributed by atoms with van der Waals surface area (Å²) in [6.07, 6.45) is 5.17. The minimum absolute atomic E-state index is 0.644. The van der Waals surface area contributed by atoms with Crippen LogP contribution in [0.4, 0.5) is 0 Å². The van der Waals surface area contributed by atoms with Crippen molar-refractivity contribution in [2.24, 2.45) is 5.92 Å². The molecule has 0 amide bonds. The zero-order valence-electron chi connectivity index (χ0n) is 15.3. The van der Waals surface area contributed by atoms with E-state index in [4.69, 9.17) is 4.98 Å². The van der Waals surface area contributed by atoms with Gasteiger partial charge < -0.3 is 0 Å². The van der Waals surface area contributed by atoms with Gasteiger partial charge in [0.15, 0.2) is 0 Å². The maximum atomic E-state index is 4.78. The van der Waals surface area contributed by atoms with Gasteiger partial charge in [-0.15, -0.1) is 0 Å². The number of pyridine rings is 2. The Hall–Kier alpha value is -2.00. The Morgan fingerprint density at radius 2 is 1.71 bits per heavy atom. The maximum Gasteiger partial charge on any atom is 0.0799 e. The third-order valence-electron chi connectivity index (χ3n) is 4.31. The first-order chi connectivity index (χ1) is 11.3. The summed E-state index contributed by atoms with van der Waals surface area (Å²) < 4.78 is 0. The monoisotopic (exact) mass is 334 g/mol. The molecule has 24 heavy (non-hydrogen) atoms. The number of hydrogen-bond donors (Lipinski definition) is 0. The summed E-state index contributed by atoms with van der Waals surface area (Å²) in [5.74, 6) is 0.644. The third-order valence-corrected chi connectivity index (χ3v) is 6.38. The van der Waals surface area contributed by atoms with E-state index in [1.54, 1.807) is 0 Å². The Kier molecular flexibility index (Phi) is 4.55. The lowest BCUT2D eigenvalue weighted by Gasteiger charge is -2.22. The number of hydrogen-bond acceptors (Lipinski definition) is 2. The van der Waals surface area contributed by atoms with Crippen molar-refractivity contribution in [3.8, 4) is 11.3 Å². The van der Waals surface area contributed by atoms with Gasteiger partial charge in [0, 0.05) is 23.3 Å². The van der Waals surface area contributed by atoms with Crippen LogP contribution in [0.2, 0.25) is 19.6 Å². The predicted molar refractivity (Wildman–Crippen MR) is 106 cm³/mol. The number of fused-ring (bicyclic) bond motifs is 1. The van der Waals surface area contributed by atoms with Crippen LogP contribution in [0.3, 0.4) is 0 Å². The van der Waals surface area contributed by atoms with Gasteiger partial charge in [-0.3, -0.25) is 9.97 Å². The molecule has 0 bridgehead atoms. The van der Waals surface area contributed by atoms with Gasteiger partial charge in [0.05, 0.1) is 19.3 Å². The van der Waals surface area contributed by atoms with Gasteiger partial charge in [0.1, 0.15) is 0 Å². The van der Waals surface area contributed by atoms with E-state index in [1.807, 2.05) is 18.3 Å². The van der Waals surface area contributed by atoms with Crippen molar-refractivity contribution in [3.05, 3.63) is 54.4 Å². The molecule has 2 nitrogen and oxygen atoms in total. The van der Waals surface area contributed by atoms with E-state index in [1.165, 1.54) is 10.8 Å². The fourth-order valence-corrected chi connectivity index (χ4v) is 4.74. The van der Waals surface area contributed by atoms with Crippen LogP contribution in [0.25, 0.3) is 22.2 Å². The number of nitrogens with zero attached hydrogens (tertiary/aromatic N) is 2. The van der Waals surface area contributed by atoms with Crippen LogP contribution in [0, 0.1) is 5.92 Å². The predicted octanol–water partition coefficient (Wildman–Crippen LogP) is 5.04. The van der Waals surface area contributed by atoms with Gasteiger partial charge in [0.25, 0.3) is 0 Å². The van der Waals surface area contributed by atoms with Gasteiger partial charge in [-0.1, -0.05) is 51.7 Å². The topological polar surface area (TPSA) is 25.8 Å². The molecule has 0 aliphatic rings. The Labute approximate surface area is 146 Å². The lowest BCUT2D eigenvalue weighted by Crippen LogP contribution is -2.40. The van der Waals surface area contributed by atoms with E-state index in [-0.39, 0.29) is 0 Å². The average Bonchev–Trinajstić information content (AvgIpc) is 2.52. The third kappa shape index (κ3) is 3.56.